The second kappa shape index (κ2) is 6.41. The Morgan fingerprint density at radius 2 is 2.22 bits per heavy atom. The van der Waals surface area contributed by atoms with Crippen LogP contribution >= 0.6 is 23.2 Å². The fraction of sp³-hybridized carbons (Fsp3) is 0.800. The summed E-state index contributed by atoms with van der Waals surface area (Å²) in [6.07, 6.45) is 0.624. The second-order valence-corrected chi connectivity index (χ2v) is 4.19. The zero-order valence-corrected chi connectivity index (χ0v) is 7.41. The Hall–Kier alpha value is 0.287. The van der Waals surface area contributed by atoms with E-state index >= 15 is 0 Å². The molecule has 2 radical (unpaired) electrons. The monoisotopic (exact) mass is 179 g/mol. The lowest BCUT2D eigenvalue weighted by atomic mass is 10.6. The molecule has 0 heterocycles. The van der Waals surface area contributed by atoms with Crippen molar-refractivity contribution < 1.29 is 0 Å². The molecule has 0 aromatic heterocycles. The topological polar surface area (TPSA) is 23.8 Å². The molecule has 0 saturated carbocycles. The van der Waals surface area contributed by atoms with Crippen molar-refractivity contribution >= 4 is 32.7 Å². The molecule has 0 atom stereocenters. The van der Waals surface area contributed by atoms with Crippen LogP contribution in [-0.2, 0) is 0 Å². The molecule has 0 rings (SSSR count). The van der Waals surface area contributed by atoms with Crippen LogP contribution in [0.2, 0.25) is 12.1 Å². The van der Waals surface area contributed by atoms with E-state index in [1.54, 1.807) is 0 Å². The maximum absolute atomic E-state index is 8.12. The minimum absolute atomic E-state index is 0.248. The number of alkyl halides is 2. The van der Waals surface area contributed by atoms with E-state index in [1.807, 2.05) is 0 Å². The molecule has 0 fully saturated rings. The summed E-state index contributed by atoms with van der Waals surface area (Å²) >= 11 is 10.9. The van der Waals surface area contributed by atoms with Gasteiger partial charge in [0.2, 0.25) is 0 Å². The van der Waals surface area contributed by atoms with Crippen LogP contribution in [-0.4, -0.2) is 14.4 Å². The molecule has 0 unspecified atom stereocenters. The lowest BCUT2D eigenvalue weighted by Crippen LogP contribution is -1.94. The third-order valence-electron chi connectivity index (χ3n) is 0.712. The second-order valence-electron chi connectivity index (χ2n) is 1.50. The predicted octanol–water partition coefficient (Wildman–Crippen LogP) is 2.24. The first-order chi connectivity index (χ1) is 4.27. The third kappa shape index (κ3) is 8.29. The molecule has 0 N–H and O–H groups in total. The third-order valence-corrected chi connectivity index (χ3v) is 2.84. The van der Waals surface area contributed by atoms with Crippen LogP contribution in [0.15, 0.2) is 0 Å². The highest BCUT2D eigenvalue weighted by molar-refractivity contribution is 6.49. The van der Waals surface area contributed by atoms with Gasteiger partial charge in [-0.1, -0.05) is 0 Å². The average molecular weight is 180 g/mol. The summed E-state index contributed by atoms with van der Waals surface area (Å²) in [5.74, 6) is 0. The van der Waals surface area contributed by atoms with Gasteiger partial charge in [0.25, 0.3) is 0 Å². The summed E-state index contributed by atoms with van der Waals surface area (Å²) in [6, 6.07) is 3.82. The Kier molecular flexibility index (Phi) is 6.61. The van der Waals surface area contributed by atoms with Gasteiger partial charge in [-0.3, -0.25) is 0 Å². The van der Waals surface area contributed by atoms with Gasteiger partial charge in [0, 0.05) is 15.9 Å². The Labute approximate surface area is 67.8 Å². The van der Waals surface area contributed by atoms with Crippen LogP contribution in [0.25, 0.3) is 0 Å². The van der Waals surface area contributed by atoms with Gasteiger partial charge < -0.3 is 0 Å². The Bertz CT molecular complexity index is 99.6. The van der Waals surface area contributed by atoms with Gasteiger partial charge in [-0.2, -0.15) is 5.26 Å². The molecule has 0 bridgehead atoms. The van der Waals surface area contributed by atoms with Crippen LogP contribution in [0.5, 0.6) is 0 Å². The SMILES string of the molecule is N#CCC[Si]CC(Cl)Cl. The Morgan fingerprint density at radius 1 is 1.56 bits per heavy atom. The van der Waals surface area contributed by atoms with Gasteiger partial charge in [-0.15, -0.1) is 23.2 Å². The molecule has 9 heavy (non-hydrogen) atoms. The summed E-state index contributed by atoms with van der Waals surface area (Å²) in [4.78, 5) is -0.248. The summed E-state index contributed by atoms with van der Waals surface area (Å²) < 4.78 is 0. The molecule has 0 saturated heterocycles. The number of rotatable bonds is 4. The summed E-state index contributed by atoms with van der Waals surface area (Å²) in [6.45, 7) is 0. The van der Waals surface area contributed by atoms with E-state index in [0.29, 0.717) is 6.42 Å². The van der Waals surface area contributed by atoms with E-state index in [1.165, 1.54) is 0 Å². The minimum atomic E-state index is -0.248. The molecular weight excluding hydrogens is 173 g/mol. The van der Waals surface area contributed by atoms with Gasteiger partial charge in [0.15, 0.2) is 0 Å². The predicted molar refractivity (Wildman–Crippen MR) is 41.1 cm³/mol. The van der Waals surface area contributed by atoms with Crippen molar-refractivity contribution in [3.63, 3.8) is 0 Å². The molecule has 0 spiro atoms. The summed E-state index contributed by atoms with van der Waals surface area (Å²) in [7, 11) is 0.733. The van der Waals surface area contributed by atoms with E-state index in [-0.39, 0.29) is 4.84 Å². The van der Waals surface area contributed by atoms with Crippen LogP contribution < -0.4 is 0 Å². The number of halogens is 2. The molecule has 0 aliphatic carbocycles. The fourth-order valence-electron chi connectivity index (χ4n) is 0.355. The van der Waals surface area contributed by atoms with Crippen molar-refractivity contribution in [3.8, 4) is 6.07 Å². The van der Waals surface area contributed by atoms with Crippen molar-refractivity contribution in [1.82, 2.24) is 0 Å². The molecule has 50 valence electrons. The first-order valence-electron chi connectivity index (χ1n) is 2.63. The van der Waals surface area contributed by atoms with Crippen LogP contribution in [0.3, 0.4) is 0 Å². The zero-order chi connectivity index (χ0) is 7.11. The number of nitriles is 1. The highest BCUT2D eigenvalue weighted by Crippen LogP contribution is 2.07. The molecule has 1 nitrogen and oxygen atoms in total. The summed E-state index contributed by atoms with van der Waals surface area (Å²) in [5.41, 5.74) is 0. The Morgan fingerprint density at radius 3 is 2.67 bits per heavy atom. The van der Waals surface area contributed by atoms with E-state index in [0.717, 1.165) is 21.6 Å². The van der Waals surface area contributed by atoms with Crippen LogP contribution in [0.1, 0.15) is 6.42 Å². The lowest BCUT2D eigenvalue weighted by molar-refractivity contribution is 1.18. The minimum Gasteiger partial charge on any atom is -0.198 e. The number of hydrogen-bond acceptors (Lipinski definition) is 1. The Balaban J connectivity index is 2.85. The fourth-order valence-corrected chi connectivity index (χ4v) is 1.72. The van der Waals surface area contributed by atoms with Crippen molar-refractivity contribution in [2.75, 3.05) is 0 Å². The molecule has 0 aromatic rings. The molecule has 0 aliphatic rings. The van der Waals surface area contributed by atoms with Gasteiger partial charge in [0.05, 0.1) is 6.07 Å². The maximum atomic E-state index is 8.12. The van der Waals surface area contributed by atoms with E-state index < -0.39 is 0 Å². The molecule has 0 aromatic carbocycles. The van der Waals surface area contributed by atoms with E-state index in [4.69, 9.17) is 28.5 Å². The first kappa shape index (κ1) is 9.29. The largest absolute Gasteiger partial charge is 0.198 e. The smallest absolute Gasteiger partial charge is 0.105 e. The van der Waals surface area contributed by atoms with Crippen LogP contribution in [0, 0.1) is 11.3 Å². The molecule has 0 aliphatic heterocycles. The van der Waals surface area contributed by atoms with Gasteiger partial charge >= 0.3 is 0 Å². The molecule has 0 amide bonds. The van der Waals surface area contributed by atoms with Crippen molar-refractivity contribution in [3.05, 3.63) is 0 Å². The normalized spacial score (nSPS) is 9.56. The number of nitrogens with zero attached hydrogens (tertiary/aromatic N) is 1. The lowest BCUT2D eigenvalue weighted by Gasteiger charge is -1.94. The maximum Gasteiger partial charge on any atom is 0.105 e. The van der Waals surface area contributed by atoms with Crippen LogP contribution in [0.4, 0.5) is 0 Å². The standard InChI is InChI=1S/C5H7Cl2NSi/c6-5(7)4-9-3-1-2-8/h5H,1,3-4H2. The molecule has 4 heteroatoms. The quantitative estimate of drug-likeness (QED) is 0.369. The van der Waals surface area contributed by atoms with Crippen molar-refractivity contribution in [2.24, 2.45) is 0 Å². The zero-order valence-electron chi connectivity index (χ0n) is 4.90. The average Bonchev–Trinajstić information content (AvgIpc) is 1.80. The number of hydrogen-bond donors (Lipinski definition) is 0. The summed E-state index contributed by atoms with van der Waals surface area (Å²) in [5, 5.41) is 8.12. The van der Waals surface area contributed by atoms with E-state index in [9.17, 15) is 0 Å². The van der Waals surface area contributed by atoms with Gasteiger partial charge in [-0.05, 0) is 12.1 Å². The van der Waals surface area contributed by atoms with Crippen molar-refractivity contribution in [2.45, 2.75) is 23.3 Å². The highest BCUT2D eigenvalue weighted by Gasteiger charge is 1.97. The highest BCUT2D eigenvalue weighted by atomic mass is 35.5. The van der Waals surface area contributed by atoms with Crippen molar-refractivity contribution in [1.29, 1.82) is 5.26 Å². The van der Waals surface area contributed by atoms with Gasteiger partial charge in [-0.25, -0.2) is 0 Å². The van der Waals surface area contributed by atoms with Gasteiger partial charge in [0.1, 0.15) is 4.84 Å². The first-order valence-corrected chi connectivity index (χ1v) is 4.92. The van der Waals surface area contributed by atoms with E-state index in [2.05, 4.69) is 6.07 Å². The molecular formula is C5H7Cl2NSi.